The van der Waals surface area contributed by atoms with E-state index < -0.39 is 0 Å². The van der Waals surface area contributed by atoms with Crippen LogP contribution in [0, 0.1) is 0 Å². The van der Waals surface area contributed by atoms with Gasteiger partial charge in [0.1, 0.15) is 5.75 Å². The number of hydrogen-bond acceptors (Lipinski definition) is 4. The number of rotatable bonds is 4. The lowest BCUT2D eigenvalue weighted by Gasteiger charge is -2.30. The van der Waals surface area contributed by atoms with Crippen molar-refractivity contribution in [1.29, 1.82) is 0 Å². The number of aromatic hydroxyl groups is 1. The number of benzene rings is 2. The van der Waals surface area contributed by atoms with E-state index >= 15 is 0 Å². The van der Waals surface area contributed by atoms with Crippen LogP contribution in [0.2, 0.25) is 5.02 Å². The monoisotopic (exact) mass is 395 g/mol. The molecule has 0 unspecified atom stereocenters. The van der Waals surface area contributed by atoms with Crippen LogP contribution in [0.5, 0.6) is 5.75 Å². The lowest BCUT2D eigenvalue weighted by atomic mass is 9.90. The fourth-order valence-electron chi connectivity index (χ4n) is 3.78. The summed E-state index contributed by atoms with van der Waals surface area (Å²) in [6.45, 7) is 0. The van der Waals surface area contributed by atoms with Gasteiger partial charge in [-0.2, -0.15) is 0 Å². The maximum absolute atomic E-state index is 12.4. The van der Waals surface area contributed by atoms with Gasteiger partial charge in [-0.05, 0) is 62.1 Å². The summed E-state index contributed by atoms with van der Waals surface area (Å²) >= 11 is 6.06. The van der Waals surface area contributed by atoms with Crippen LogP contribution in [0.3, 0.4) is 0 Å². The molecule has 0 radical (unpaired) electrons. The average molecular weight is 396 g/mol. The number of nitrogens with one attached hydrogen (secondary N) is 2. The van der Waals surface area contributed by atoms with Crippen LogP contribution in [0.25, 0.3) is 10.9 Å². The van der Waals surface area contributed by atoms with Gasteiger partial charge in [-0.25, -0.2) is 0 Å². The molecule has 1 fully saturated rings. The third kappa shape index (κ3) is 4.04. The highest BCUT2D eigenvalue weighted by Crippen LogP contribution is 2.28. The molecular formula is C22H22ClN3O2. The van der Waals surface area contributed by atoms with Crippen LogP contribution in [0.1, 0.15) is 36.0 Å². The molecule has 2 aromatic carbocycles. The fourth-order valence-corrected chi connectivity index (χ4v) is 3.94. The highest BCUT2D eigenvalue weighted by atomic mass is 35.5. The van der Waals surface area contributed by atoms with Crippen molar-refractivity contribution in [1.82, 2.24) is 10.3 Å². The zero-order chi connectivity index (χ0) is 19.5. The van der Waals surface area contributed by atoms with E-state index in [-0.39, 0.29) is 17.7 Å². The molecular weight excluding hydrogens is 374 g/mol. The third-order valence-corrected chi connectivity index (χ3v) is 5.51. The van der Waals surface area contributed by atoms with E-state index in [0.29, 0.717) is 16.6 Å². The number of phenolic OH excluding ortho intramolecular Hbond substituents is 1. The summed E-state index contributed by atoms with van der Waals surface area (Å²) in [6.07, 6.45) is 5.50. The Kier molecular flexibility index (Phi) is 5.35. The Hall–Kier alpha value is -2.79. The topological polar surface area (TPSA) is 74.2 Å². The highest BCUT2D eigenvalue weighted by molar-refractivity contribution is 6.31. The molecule has 1 aliphatic carbocycles. The van der Waals surface area contributed by atoms with Crippen molar-refractivity contribution in [3.05, 3.63) is 65.3 Å². The number of fused-ring (bicyclic) bond motifs is 1. The molecule has 3 aromatic rings. The number of amides is 1. The van der Waals surface area contributed by atoms with Crippen molar-refractivity contribution in [2.45, 2.75) is 37.8 Å². The van der Waals surface area contributed by atoms with Gasteiger partial charge in [0.15, 0.2) is 0 Å². The van der Waals surface area contributed by atoms with Gasteiger partial charge < -0.3 is 15.7 Å². The predicted octanol–water partition coefficient (Wildman–Crippen LogP) is 4.75. The second-order valence-electron chi connectivity index (χ2n) is 7.20. The standard InChI is InChI=1S/C22H22ClN3O2/c23-14-5-10-17-19(11-12-24-20(17)13-14)25-15-6-8-16(9-7-15)26-22(28)18-3-1-2-4-21(18)27/h1-5,10-13,15-16,27H,6-9H2,(H,24,25)(H,26,28). The lowest BCUT2D eigenvalue weighted by Crippen LogP contribution is -2.40. The number of carbonyl (C=O) groups is 1. The maximum Gasteiger partial charge on any atom is 0.255 e. The predicted molar refractivity (Wildman–Crippen MR) is 112 cm³/mol. The minimum atomic E-state index is -0.216. The van der Waals surface area contributed by atoms with E-state index in [9.17, 15) is 9.90 Å². The molecule has 0 bridgehead atoms. The van der Waals surface area contributed by atoms with Gasteiger partial charge in [-0.15, -0.1) is 0 Å². The van der Waals surface area contributed by atoms with E-state index in [0.717, 1.165) is 42.3 Å². The van der Waals surface area contributed by atoms with E-state index in [1.54, 1.807) is 24.4 Å². The summed E-state index contributed by atoms with van der Waals surface area (Å²) in [5.74, 6) is -0.202. The van der Waals surface area contributed by atoms with Gasteiger partial charge in [0.05, 0.1) is 11.1 Å². The molecule has 4 rings (SSSR count). The summed E-state index contributed by atoms with van der Waals surface area (Å²) in [7, 11) is 0. The van der Waals surface area contributed by atoms with Gasteiger partial charge in [0.25, 0.3) is 5.91 Å². The van der Waals surface area contributed by atoms with Gasteiger partial charge >= 0.3 is 0 Å². The number of halogens is 1. The van der Waals surface area contributed by atoms with Crippen LogP contribution in [0.15, 0.2) is 54.7 Å². The van der Waals surface area contributed by atoms with Crippen LogP contribution in [-0.4, -0.2) is 28.1 Å². The zero-order valence-electron chi connectivity index (χ0n) is 15.4. The normalized spacial score (nSPS) is 19.3. The number of carbonyl (C=O) groups excluding carboxylic acids is 1. The van der Waals surface area contributed by atoms with Crippen molar-refractivity contribution in [2.75, 3.05) is 5.32 Å². The fraction of sp³-hybridized carbons (Fsp3) is 0.273. The van der Waals surface area contributed by atoms with Gasteiger partial charge in [-0.1, -0.05) is 23.7 Å². The molecule has 3 N–H and O–H groups in total. The zero-order valence-corrected chi connectivity index (χ0v) is 16.1. The first-order valence-electron chi connectivity index (χ1n) is 9.50. The second-order valence-corrected chi connectivity index (χ2v) is 7.64. The Morgan fingerprint density at radius 3 is 2.57 bits per heavy atom. The first-order valence-corrected chi connectivity index (χ1v) is 9.87. The number of para-hydroxylation sites is 1. The highest BCUT2D eigenvalue weighted by Gasteiger charge is 2.23. The van der Waals surface area contributed by atoms with Crippen molar-refractivity contribution in [2.24, 2.45) is 0 Å². The van der Waals surface area contributed by atoms with Gasteiger partial charge in [0, 0.05) is 34.4 Å². The maximum atomic E-state index is 12.4. The summed E-state index contributed by atoms with van der Waals surface area (Å²) < 4.78 is 0. The van der Waals surface area contributed by atoms with Crippen molar-refractivity contribution >= 4 is 34.1 Å². The molecule has 0 atom stereocenters. The van der Waals surface area contributed by atoms with Crippen LogP contribution in [0.4, 0.5) is 5.69 Å². The number of hydrogen-bond donors (Lipinski definition) is 3. The summed E-state index contributed by atoms with van der Waals surface area (Å²) in [6, 6.07) is 14.8. The van der Waals surface area contributed by atoms with Crippen molar-refractivity contribution in [3.8, 4) is 5.75 Å². The summed E-state index contributed by atoms with van der Waals surface area (Å²) in [5, 5.41) is 18.2. The number of pyridine rings is 1. The Balaban J connectivity index is 1.36. The van der Waals surface area contributed by atoms with Crippen LogP contribution in [-0.2, 0) is 0 Å². The number of phenols is 1. The lowest BCUT2D eigenvalue weighted by molar-refractivity contribution is 0.0924. The molecule has 1 aromatic heterocycles. The van der Waals surface area contributed by atoms with Crippen LogP contribution < -0.4 is 10.6 Å². The molecule has 0 spiro atoms. The molecule has 1 saturated carbocycles. The Morgan fingerprint density at radius 1 is 1.04 bits per heavy atom. The van der Waals surface area contributed by atoms with E-state index in [1.165, 1.54) is 6.07 Å². The van der Waals surface area contributed by atoms with Crippen molar-refractivity contribution < 1.29 is 9.90 Å². The molecule has 1 heterocycles. The molecule has 1 amide bonds. The largest absolute Gasteiger partial charge is 0.507 e. The molecule has 0 saturated heterocycles. The second kappa shape index (κ2) is 8.07. The number of aromatic nitrogens is 1. The smallest absolute Gasteiger partial charge is 0.255 e. The van der Waals surface area contributed by atoms with Crippen LogP contribution >= 0.6 is 11.6 Å². The minimum Gasteiger partial charge on any atom is -0.507 e. The van der Waals surface area contributed by atoms with E-state index in [2.05, 4.69) is 15.6 Å². The molecule has 6 heteroatoms. The first kappa shape index (κ1) is 18.6. The average Bonchev–Trinajstić information content (AvgIpc) is 2.69. The minimum absolute atomic E-state index is 0.0139. The Labute approximate surface area is 168 Å². The third-order valence-electron chi connectivity index (χ3n) is 5.28. The summed E-state index contributed by atoms with van der Waals surface area (Å²) in [4.78, 5) is 16.8. The van der Waals surface area contributed by atoms with Gasteiger partial charge in [-0.3, -0.25) is 9.78 Å². The molecule has 144 valence electrons. The first-order chi connectivity index (χ1) is 13.6. The number of anilines is 1. The summed E-state index contributed by atoms with van der Waals surface area (Å²) in [5.41, 5.74) is 2.26. The molecule has 5 nitrogen and oxygen atoms in total. The quantitative estimate of drug-likeness (QED) is 0.596. The van der Waals surface area contributed by atoms with E-state index in [4.69, 9.17) is 11.6 Å². The molecule has 0 aliphatic heterocycles. The van der Waals surface area contributed by atoms with E-state index in [1.807, 2.05) is 24.3 Å². The molecule has 28 heavy (non-hydrogen) atoms. The Bertz CT molecular complexity index is 1000. The molecule has 1 aliphatic rings. The Morgan fingerprint density at radius 2 is 1.79 bits per heavy atom. The van der Waals surface area contributed by atoms with Crippen molar-refractivity contribution in [3.63, 3.8) is 0 Å². The number of nitrogens with zero attached hydrogens (tertiary/aromatic N) is 1. The van der Waals surface area contributed by atoms with Gasteiger partial charge in [0.2, 0.25) is 0 Å². The SMILES string of the molecule is O=C(NC1CCC(Nc2ccnc3cc(Cl)ccc23)CC1)c1ccccc1O.